The second-order valence-corrected chi connectivity index (χ2v) is 3.73. The highest BCUT2D eigenvalue weighted by Gasteiger charge is 2.09. The Labute approximate surface area is 75.4 Å². The molecular weight excluding hydrogens is 146 g/mol. The van der Waals surface area contributed by atoms with Gasteiger partial charge in [0.2, 0.25) is 0 Å². The van der Waals surface area contributed by atoms with Gasteiger partial charge in [-0.05, 0) is 38.3 Å². The standard InChI is InChI=1S/C11H19N/c1-6-12-9(4)7-11(8(2)3)10(12)5/h7-8H,6H2,1-5H3. The Hall–Kier alpha value is -0.720. The molecule has 1 heteroatoms. The van der Waals surface area contributed by atoms with Gasteiger partial charge < -0.3 is 4.57 Å². The van der Waals surface area contributed by atoms with Crippen LogP contribution in [-0.4, -0.2) is 4.57 Å². The molecule has 0 unspecified atom stereocenters. The van der Waals surface area contributed by atoms with E-state index in [0.717, 1.165) is 6.54 Å². The molecule has 0 aliphatic carbocycles. The molecule has 0 amide bonds. The predicted octanol–water partition coefficient (Wildman–Crippen LogP) is 3.25. The zero-order valence-corrected chi connectivity index (χ0v) is 8.81. The lowest BCUT2D eigenvalue weighted by Crippen LogP contribution is -1.99. The molecule has 0 aliphatic heterocycles. The summed E-state index contributed by atoms with van der Waals surface area (Å²) < 4.78 is 2.37. The smallest absolute Gasteiger partial charge is 0.0196 e. The van der Waals surface area contributed by atoms with Crippen LogP contribution in [0.5, 0.6) is 0 Å². The first kappa shape index (κ1) is 9.37. The summed E-state index contributed by atoms with van der Waals surface area (Å²) in [6.07, 6.45) is 0. The molecule has 0 radical (unpaired) electrons. The molecule has 1 rings (SSSR count). The number of hydrogen-bond acceptors (Lipinski definition) is 0. The Kier molecular flexibility index (Phi) is 2.61. The summed E-state index contributed by atoms with van der Waals surface area (Å²) in [5, 5.41) is 0. The first-order valence-electron chi connectivity index (χ1n) is 4.74. The number of nitrogens with zero attached hydrogens (tertiary/aromatic N) is 1. The Morgan fingerprint density at radius 1 is 1.33 bits per heavy atom. The molecule has 1 nitrogen and oxygen atoms in total. The molecular formula is C11H19N. The first-order chi connectivity index (χ1) is 5.57. The summed E-state index contributed by atoms with van der Waals surface area (Å²) >= 11 is 0. The van der Waals surface area contributed by atoms with E-state index in [9.17, 15) is 0 Å². The van der Waals surface area contributed by atoms with E-state index in [1.165, 1.54) is 17.0 Å². The van der Waals surface area contributed by atoms with E-state index in [4.69, 9.17) is 0 Å². The SMILES string of the molecule is CCn1c(C)cc(C(C)C)c1C. The molecule has 0 N–H and O–H groups in total. The number of hydrogen-bond donors (Lipinski definition) is 0. The van der Waals surface area contributed by atoms with Gasteiger partial charge in [-0.25, -0.2) is 0 Å². The summed E-state index contributed by atoms with van der Waals surface area (Å²) in [5.74, 6) is 0.650. The van der Waals surface area contributed by atoms with Crippen molar-refractivity contribution in [2.75, 3.05) is 0 Å². The second-order valence-electron chi connectivity index (χ2n) is 3.73. The van der Waals surface area contributed by atoms with E-state index in [0.29, 0.717) is 5.92 Å². The normalized spacial score (nSPS) is 11.2. The van der Waals surface area contributed by atoms with Gasteiger partial charge >= 0.3 is 0 Å². The van der Waals surface area contributed by atoms with E-state index in [2.05, 4.69) is 45.3 Å². The average Bonchev–Trinajstić information content (AvgIpc) is 2.27. The molecule has 0 bridgehead atoms. The minimum absolute atomic E-state index is 0.650. The molecule has 1 aromatic heterocycles. The minimum Gasteiger partial charge on any atom is -0.349 e. The molecule has 0 atom stereocenters. The molecule has 68 valence electrons. The van der Waals surface area contributed by atoms with E-state index < -0.39 is 0 Å². The van der Waals surface area contributed by atoms with Crippen molar-refractivity contribution < 1.29 is 0 Å². The van der Waals surface area contributed by atoms with Gasteiger partial charge in [0.25, 0.3) is 0 Å². The van der Waals surface area contributed by atoms with Crippen molar-refractivity contribution in [2.24, 2.45) is 0 Å². The quantitative estimate of drug-likeness (QED) is 0.634. The van der Waals surface area contributed by atoms with Crippen LogP contribution < -0.4 is 0 Å². The largest absolute Gasteiger partial charge is 0.349 e. The fourth-order valence-corrected chi connectivity index (χ4v) is 1.90. The maximum Gasteiger partial charge on any atom is 0.0196 e. The highest BCUT2D eigenvalue weighted by molar-refractivity contribution is 5.29. The third-order valence-corrected chi connectivity index (χ3v) is 2.55. The van der Waals surface area contributed by atoms with Crippen LogP contribution in [0.15, 0.2) is 6.07 Å². The summed E-state index contributed by atoms with van der Waals surface area (Å²) in [4.78, 5) is 0. The zero-order chi connectivity index (χ0) is 9.30. The van der Waals surface area contributed by atoms with Crippen molar-refractivity contribution in [3.8, 4) is 0 Å². The van der Waals surface area contributed by atoms with Crippen molar-refractivity contribution in [3.05, 3.63) is 23.0 Å². The predicted molar refractivity (Wildman–Crippen MR) is 53.7 cm³/mol. The molecule has 0 fully saturated rings. The third-order valence-electron chi connectivity index (χ3n) is 2.55. The maximum absolute atomic E-state index is 2.37. The van der Waals surface area contributed by atoms with Crippen LogP contribution >= 0.6 is 0 Å². The fraction of sp³-hybridized carbons (Fsp3) is 0.636. The Morgan fingerprint density at radius 2 is 1.92 bits per heavy atom. The number of aryl methyl sites for hydroxylation is 1. The molecule has 12 heavy (non-hydrogen) atoms. The lowest BCUT2D eigenvalue weighted by Gasteiger charge is -2.07. The summed E-state index contributed by atoms with van der Waals surface area (Å²) in [7, 11) is 0. The Bertz CT molecular complexity index is 269. The van der Waals surface area contributed by atoms with Crippen LogP contribution in [0, 0.1) is 13.8 Å². The van der Waals surface area contributed by atoms with Gasteiger partial charge in [0.05, 0.1) is 0 Å². The van der Waals surface area contributed by atoms with Crippen LogP contribution in [0.2, 0.25) is 0 Å². The summed E-state index contributed by atoms with van der Waals surface area (Å²) in [6.45, 7) is 12.2. The number of aromatic nitrogens is 1. The van der Waals surface area contributed by atoms with E-state index in [1.807, 2.05) is 0 Å². The highest BCUT2D eigenvalue weighted by Crippen LogP contribution is 2.22. The highest BCUT2D eigenvalue weighted by atomic mass is 15.0. The summed E-state index contributed by atoms with van der Waals surface area (Å²) in [6, 6.07) is 2.31. The second kappa shape index (κ2) is 3.34. The van der Waals surface area contributed by atoms with Gasteiger partial charge in [-0.2, -0.15) is 0 Å². The Morgan fingerprint density at radius 3 is 2.17 bits per heavy atom. The van der Waals surface area contributed by atoms with Crippen molar-refractivity contribution in [2.45, 2.75) is 47.1 Å². The van der Waals surface area contributed by atoms with E-state index >= 15 is 0 Å². The van der Waals surface area contributed by atoms with Crippen LogP contribution in [0.3, 0.4) is 0 Å². The van der Waals surface area contributed by atoms with Crippen LogP contribution in [0.25, 0.3) is 0 Å². The lowest BCUT2D eigenvalue weighted by atomic mass is 10.0. The van der Waals surface area contributed by atoms with Crippen molar-refractivity contribution >= 4 is 0 Å². The molecule has 0 spiro atoms. The van der Waals surface area contributed by atoms with E-state index in [-0.39, 0.29) is 0 Å². The van der Waals surface area contributed by atoms with Crippen LogP contribution in [0.1, 0.15) is 43.6 Å². The monoisotopic (exact) mass is 165 g/mol. The third kappa shape index (κ3) is 1.40. The van der Waals surface area contributed by atoms with Crippen molar-refractivity contribution in [1.82, 2.24) is 4.57 Å². The van der Waals surface area contributed by atoms with Crippen molar-refractivity contribution in [3.63, 3.8) is 0 Å². The minimum atomic E-state index is 0.650. The van der Waals surface area contributed by atoms with Gasteiger partial charge in [0, 0.05) is 17.9 Å². The Balaban J connectivity index is 3.17. The first-order valence-corrected chi connectivity index (χ1v) is 4.74. The molecule has 0 aromatic carbocycles. The van der Waals surface area contributed by atoms with Crippen molar-refractivity contribution in [1.29, 1.82) is 0 Å². The zero-order valence-electron chi connectivity index (χ0n) is 8.81. The average molecular weight is 165 g/mol. The summed E-state index contributed by atoms with van der Waals surface area (Å²) in [5.41, 5.74) is 4.32. The van der Waals surface area contributed by atoms with Gasteiger partial charge in [-0.3, -0.25) is 0 Å². The topological polar surface area (TPSA) is 4.93 Å². The van der Waals surface area contributed by atoms with Crippen LogP contribution in [-0.2, 0) is 6.54 Å². The maximum atomic E-state index is 2.37. The lowest BCUT2D eigenvalue weighted by molar-refractivity contribution is 0.709. The molecule has 1 aromatic rings. The van der Waals surface area contributed by atoms with Gasteiger partial charge in [0.1, 0.15) is 0 Å². The molecule has 1 heterocycles. The van der Waals surface area contributed by atoms with Gasteiger partial charge in [-0.1, -0.05) is 13.8 Å². The van der Waals surface area contributed by atoms with Gasteiger partial charge in [0.15, 0.2) is 0 Å². The fourth-order valence-electron chi connectivity index (χ4n) is 1.90. The van der Waals surface area contributed by atoms with Gasteiger partial charge in [-0.15, -0.1) is 0 Å². The van der Waals surface area contributed by atoms with E-state index in [1.54, 1.807) is 0 Å². The molecule has 0 aliphatic rings. The van der Waals surface area contributed by atoms with Crippen LogP contribution in [0.4, 0.5) is 0 Å². The number of rotatable bonds is 2. The molecule has 0 saturated heterocycles. The molecule has 0 saturated carbocycles.